The molecule has 1 heterocycles. The van der Waals surface area contributed by atoms with Gasteiger partial charge in [0.2, 0.25) is 11.9 Å². The summed E-state index contributed by atoms with van der Waals surface area (Å²) in [5.41, 5.74) is 0. The fourth-order valence-electron chi connectivity index (χ4n) is 1.30. The van der Waals surface area contributed by atoms with Crippen LogP contribution in [0.1, 0.15) is 34.1 Å². The molecule has 20 heavy (non-hydrogen) atoms. The number of rotatable bonds is 8. The van der Waals surface area contributed by atoms with Gasteiger partial charge in [-0.05, 0) is 27.7 Å². The number of carbonyl (C=O) groups is 1. The zero-order valence-corrected chi connectivity index (χ0v) is 13.0. The van der Waals surface area contributed by atoms with Gasteiger partial charge in [-0.25, -0.2) is 0 Å². The van der Waals surface area contributed by atoms with Crippen LogP contribution in [0.4, 0.5) is 11.9 Å². The van der Waals surface area contributed by atoms with E-state index >= 15 is 0 Å². The molecule has 8 heteroatoms. The third-order valence-electron chi connectivity index (χ3n) is 2.00. The number of nitrogens with one attached hydrogen (secondary N) is 2. The van der Waals surface area contributed by atoms with Crippen LogP contribution in [0.5, 0.6) is 0 Å². The lowest BCUT2D eigenvalue weighted by Crippen LogP contribution is -2.17. The molecule has 1 rings (SSSR count). The second-order valence-electron chi connectivity index (χ2n) is 4.86. The average molecular weight is 299 g/mol. The number of hydrogen-bond acceptors (Lipinski definition) is 7. The Balaban J connectivity index is 2.82. The smallest absolute Gasteiger partial charge is 0.304 e. The largest absolute Gasteiger partial charge is 0.481 e. The predicted octanol–water partition coefficient (Wildman–Crippen LogP) is 2.08. The van der Waals surface area contributed by atoms with Crippen molar-refractivity contribution in [2.45, 2.75) is 51.4 Å². The van der Waals surface area contributed by atoms with E-state index in [4.69, 9.17) is 5.11 Å². The highest BCUT2D eigenvalue weighted by Gasteiger charge is 2.09. The SMILES string of the molecule is CC(C)Nc1nc(NC(C)C)nc(SCCC(=O)O)n1. The molecule has 0 aromatic carbocycles. The van der Waals surface area contributed by atoms with E-state index < -0.39 is 5.97 Å². The summed E-state index contributed by atoms with van der Waals surface area (Å²) in [7, 11) is 0. The first-order valence-electron chi connectivity index (χ1n) is 6.50. The molecule has 0 saturated heterocycles. The van der Waals surface area contributed by atoms with Crippen molar-refractivity contribution in [3.63, 3.8) is 0 Å². The molecule has 0 fully saturated rings. The van der Waals surface area contributed by atoms with Crippen molar-refractivity contribution in [2.24, 2.45) is 0 Å². The number of thioether (sulfide) groups is 1. The Kier molecular flexibility index (Phi) is 6.50. The molecule has 1 aromatic rings. The summed E-state index contributed by atoms with van der Waals surface area (Å²) in [6.45, 7) is 7.99. The highest BCUT2D eigenvalue weighted by Crippen LogP contribution is 2.18. The van der Waals surface area contributed by atoms with Gasteiger partial charge in [-0.3, -0.25) is 4.79 Å². The zero-order chi connectivity index (χ0) is 15.1. The van der Waals surface area contributed by atoms with Crippen molar-refractivity contribution in [3.8, 4) is 0 Å². The minimum absolute atomic E-state index is 0.0796. The number of aliphatic carboxylic acids is 1. The molecule has 1 aromatic heterocycles. The van der Waals surface area contributed by atoms with Crippen LogP contribution in [0.3, 0.4) is 0 Å². The van der Waals surface area contributed by atoms with Gasteiger partial charge in [-0.1, -0.05) is 11.8 Å². The zero-order valence-electron chi connectivity index (χ0n) is 12.2. The summed E-state index contributed by atoms with van der Waals surface area (Å²) in [5.74, 6) is 0.598. The third kappa shape index (κ3) is 6.55. The second kappa shape index (κ2) is 7.88. The van der Waals surface area contributed by atoms with E-state index in [-0.39, 0.29) is 18.5 Å². The molecule has 0 amide bonds. The minimum Gasteiger partial charge on any atom is -0.481 e. The number of nitrogens with zero attached hydrogens (tertiary/aromatic N) is 3. The number of hydrogen-bond donors (Lipinski definition) is 3. The van der Waals surface area contributed by atoms with Crippen molar-refractivity contribution in [3.05, 3.63) is 0 Å². The lowest BCUT2D eigenvalue weighted by molar-refractivity contribution is -0.136. The van der Waals surface area contributed by atoms with Crippen molar-refractivity contribution in [2.75, 3.05) is 16.4 Å². The minimum atomic E-state index is -0.826. The third-order valence-corrected chi connectivity index (χ3v) is 2.85. The van der Waals surface area contributed by atoms with E-state index in [0.717, 1.165) is 0 Å². The monoisotopic (exact) mass is 299 g/mol. The van der Waals surface area contributed by atoms with Crippen molar-refractivity contribution in [1.82, 2.24) is 15.0 Å². The Bertz CT molecular complexity index is 425. The lowest BCUT2D eigenvalue weighted by Gasteiger charge is -2.13. The van der Waals surface area contributed by atoms with Gasteiger partial charge in [0.05, 0.1) is 6.42 Å². The van der Waals surface area contributed by atoms with E-state index in [1.165, 1.54) is 11.8 Å². The van der Waals surface area contributed by atoms with Gasteiger partial charge in [0.15, 0.2) is 5.16 Å². The molecular formula is C12H21N5O2S. The second-order valence-corrected chi connectivity index (χ2v) is 5.92. The summed E-state index contributed by atoms with van der Waals surface area (Å²) in [4.78, 5) is 23.4. The van der Waals surface area contributed by atoms with E-state index in [1.54, 1.807) is 0 Å². The molecule has 0 unspecified atom stereocenters. The van der Waals surface area contributed by atoms with Crippen LogP contribution in [0, 0.1) is 0 Å². The van der Waals surface area contributed by atoms with E-state index in [2.05, 4.69) is 25.6 Å². The van der Waals surface area contributed by atoms with Crippen LogP contribution in [0.2, 0.25) is 0 Å². The first-order valence-corrected chi connectivity index (χ1v) is 7.49. The highest BCUT2D eigenvalue weighted by atomic mass is 32.2. The van der Waals surface area contributed by atoms with Gasteiger partial charge < -0.3 is 15.7 Å². The maximum Gasteiger partial charge on any atom is 0.304 e. The molecule has 0 aliphatic carbocycles. The predicted molar refractivity (Wildman–Crippen MR) is 80.3 cm³/mol. The molecule has 0 atom stereocenters. The number of aromatic nitrogens is 3. The number of carboxylic acids is 1. The maximum atomic E-state index is 10.5. The maximum absolute atomic E-state index is 10.5. The normalized spacial score (nSPS) is 10.9. The summed E-state index contributed by atoms with van der Waals surface area (Å²) >= 11 is 1.31. The Morgan fingerprint density at radius 3 is 2.00 bits per heavy atom. The van der Waals surface area contributed by atoms with Crippen LogP contribution in [-0.4, -0.2) is 43.9 Å². The summed E-state index contributed by atoms with van der Waals surface area (Å²) in [5, 5.41) is 15.4. The quantitative estimate of drug-likeness (QED) is 0.627. The lowest BCUT2D eigenvalue weighted by atomic mass is 10.4. The molecule has 0 aliphatic rings. The first kappa shape index (κ1) is 16.5. The van der Waals surface area contributed by atoms with Gasteiger partial charge >= 0.3 is 5.97 Å². The Morgan fingerprint density at radius 1 is 1.10 bits per heavy atom. The fraction of sp³-hybridized carbons (Fsp3) is 0.667. The Morgan fingerprint density at radius 2 is 1.60 bits per heavy atom. The Hall–Kier alpha value is -1.57. The molecule has 0 aliphatic heterocycles. The highest BCUT2D eigenvalue weighted by molar-refractivity contribution is 7.99. The molecular weight excluding hydrogens is 278 g/mol. The van der Waals surface area contributed by atoms with E-state index in [9.17, 15) is 4.79 Å². The van der Waals surface area contributed by atoms with Crippen LogP contribution in [0.15, 0.2) is 5.16 Å². The molecule has 3 N–H and O–H groups in total. The van der Waals surface area contributed by atoms with Crippen LogP contribution in [-0.2, 0) is 4.79 Å². The standard InChI is InChI=1S/C12H21N5O2S/c1-7(2)13-10-15-11(14-8(3)4)17-12(16-10)20-6-5-9(18)19/h7-8H,5-6H2,1-4H3,(H,18,19)(H2,13,14,15,16,17). The average Bonchev–Trinajstić information content (AvgIpc) is 2.25. The molecule has 0 radical (unpaired) electrons. The van der Waals surface area contributed by atoms with Crippen LogP contribution in [0.25, 0.3) is 0 Å². The van der Waals surface area contributed by atoms with E-state index in [0.29, 0.717) is 22.8 Å². The van der Waals surface area contributed by atoms with E-state index in [1.807, 2.05) is 27.7 Å². The van der Waals surface area contributed by atoms with Crippen LogP contribution >= 0.6 is 11.8 Å². The molecule has 0 bridgehead atoms. The van der Waals surface area contributed by atoms with Gasteiger partial charge in [0.1, 0.15) is 0 Å². The summed E-state index contributed by atoms with van der Waals surface area (Å²) < 4.78 is 0. The van der Waals surface area contributed by atoms with Gasteiger partial charge in [-0.2, -0.15) is 15.0 Å². The van der Waals surface area contributed by atoms with Crippen molar-refractivity contribution in [1.29, 1.82) is 0 Å². The fourth-order valence-corrected chi connectivity index (χ4v) is 2.06. The van der Waals surface area contributed by atoms with Gasteiger partial charge in [-0.15, -0.1) is 0 Å². The van der Waals surface area contributed by atoms with Crippen molar-refractivity contribution < 1.29 is 9.90 Å². The molecule has 0 saturated carbocycles. The number of anilines is 2. The molecule has 7 nitrogen and oxygen atoms in total. The molecule has 0 spiro atoms. The van der Waals surface area contributed by atoms with Gasteiger partial charge in [0.25, 0.3) is 0 Å². The van der Waals surface area contributed by atoms with Gasteiger partial charge in [0, 0.05) is 17.8 Å². The topological polar surface area (TPSA) is 100 Å². The van der Waals surface area contributed by atoms with Crippen molar-refractivity contribution >= 4 is 29.6 Å². The summed E-state index contributed by atoms with van der Waals surface area (Å²) in [6.07, 6.45) is 0.0796. The number of carboxylic acid groups (broad SMARTS) is 1. The summed E-state index contributed by atoms with van der Waals surface area (Å²) in [6, 6.07) is 0.419. The first-order chi connectivity index (χ1) is 9.36. The molecule has 112 valence electrons. The van der Waals surface area contributed by atoms with Crippen LogP contribution < -0.4 is 10.6 Å². The Labute approximate surface area is 123 Å².